The number of rotatable bonds is 5. The molecule has 1 saturated heterocycles. The molecular weight excluding hydrogens is 376 g/mol. The lowest BCUT2D eigenvalue weighted by Crippen LogP contribution is -2.45. The van der Waals surface area contributed by atoms with Crippen LogP contribution in [0.3, 0.4) is 0 Å². The molecule has 0 radical (unpaired) electrons. The summed E-state index contributed by atoms with van der Waals surface area (Å²) < 4.78 is 6.12. The van der Waals surface area contributed by atoms with Gasteiger partial charge >= 0.3 is 0 Å². The molecule has 4 rings (SSSR count). The van der Waals surface area contributed by atoms with Crippen LogP contribution >= 0.6 is 24.2 Å². The summed E-state index contributed by atoms with van der Waals surface area (Å²) in [6.07, 6.45) is 5.88. The Labute approximate surface area is 173 Å². The summed E-state index contributed by atoms with van der Waals surface area (Å²) in [5.41, 5.74) is 4.04. The second-order valence-electron chi connectivity index (χ2n) is 7.38. The molecule has 1 fully saturated rings. The lowest BCUT2D eigenvalue weighted by atomic mass is 9.92. The first kappa shape index (κ1) is 20.5. The van der Waals surface area contributed by atoms with Gasteiger partial charge in [0, 0.05) is 35.5 Å². The smallest absolute Gasteiger partial charge is 0.127 e. The number of thioether (sulfide) groups is 1. The lowest BCUT2D eigenvalue weighted by Gasteiger charge is -2.34. The first-order chi connectivity index (χ1) is 12.7. The summed E-state index contributed by atoms with van der Waals surface area (Å²) in [6, 6.07) is 16.2. The Balaban J connectivity index is 0.00000210. The van der Waals surface area contributed by atoms with Gasteiger partial charge in [0.25, 0.3) is 0 Å². The molecule has 0 aliphatic carbocycles. The van der Waals surface area contributed by atoms with E-state index in [0.717, 1.165) is 25.3 Å². The summed E-state index contributed by atoms with van der Waals surface area (Å²) in [4.78, 5) is 1.33. The predicted molar refractivity (Wildman–Crippen MR) is 116 cm³/mol. The average Bonchev–Trinajstić information content (AvgIpc) is 3.07. The minimum Gasteiger partial charge on any atom is -0.490 e. The van der Waals surface area contributed by atoms with E-state index in [9.17, 15) is 0 Å². The van der Waals surface area contributed by atoms with Gasteiger partial charge in [-0.3, -0.25) is 0 Å². The Bertz CT molecular complexity index is 755. The number of hydrogen-bond acceptors (Lipinski definition) is 4. The molecule has 2 aliphatic heterocycles. The fraction of sp³-hybridized carbons (Fsp3) is 0.455. The van der Waals surface area contributed by atoms with Crippen molar-refractivity contribution in [1.29, 1.82) is 0 Å². The Morgan fingerprint density at radius 3 is 2.81 bits per heavy atom. The van der Waals surface area contributed by atoms with Gasteiger partial charge in [-0.15, -0.1) is 24.2 Å². The SMILES string of the molecule is CSc1cc(CN[C@H]2CCCN[C@H]2c2ccccc2)c2c(c1)CC(C)O2.Cl. The van der Waals surface area contributed by atoms with Crippen molar-refractivity contribution in [2.45, 2.75) is 55.8 Å². The highest BCUT2D eigenvalue weighted by Crippen LogP contribution is 2.36. The monoisotopic (exact) mass is 404 g/mol. The van der Waals surface area contributed by atoms with Gasteiger partial charge in [0.15, 0.2) is 0 Å². The van der Waals surface area contributed by atoms with E-state index < -0.39 is 0 Å². The van der Waals surface area contributed by atoms with Crippen molar-refractivity contribution < 1.29 is 4.74 Å². The van der Waals surface area contributed by atoms with E-state index in [1.807, 2.05) is 11.8 Å². The Kier molecular flexibility index (Phi) is 7.10. The second-order valence-corrected chi connectivity index (χ2v) is 8.26. The molecule has 0 bridgehead atoms. The molecule has 2 aromatic rings. The maximum atomic E-state index is 6.12. The van der Waals surface area contributed by atoms with Crippen molar-refractivity contribution in [3.8, 4) is 5.75 Å². The standard InChI is InChI=1S/C22H28N2OS.ClH/c1-15-11-17-12-19(26-2)13-18(22(17)25-15)14-24-20-9-6-10-23-21(20)16-7-4-3-5-8-16;/h3-5,7-8,12-13,15,20-21,23-24H,6,9-11,14H2,1-2H3;1H/t15?,20-,21-;/m0./s1. The molecule has 0 spiro atoms. The van der Waals surface area contributed by atoms with Crippen molar-refractivity contribution in [3.63, 3.8) is 0 Å². The highest BCUT2D eigenvalue weighted by atomic mass is 35.5. The van der Waals surface area contributed by atoms with Crippen LogP contribution in [0.2, 0.25) is 0 Å². The van der Waals surface area contributed by atoms with E-state index in [0.29, 0.717) is 12.1 Å². The number of piperidine rings is 1. The topological polar surface area (TPSA) is 33.3 Å². The molecule has 146 valence electrons. The molecule has 2 N–H and O–H groups in total. The number of fused-ring (bicyclic) bond motifs is 1. The van der Waals surface area contributed by atoms with E-state index in [4.69, 9.17) is 4.74 Å². The molecule has 3 nitrogen and oxygen atoms in total. The highest BCUT2D eigenvalue weighted by molar-refractivity contribution is 7.98. The molecule has 1 unspecified atom stereocenters. The van der Waals surface area contributed by atoms with Crippen LogP contribution in [-0.2, 0) is 13.0 Å². The minimum atomic E-state index is 0. The summed E-state index contributed by atoms with van der Waals surface area (Å²) in [7, 11) is 0. The summed E-state index contributed by atoms with van der Waals surface area (Å²) in [5.74, 6) is 1.11. The molecule has 3 atom stereocenters. The zero-order valence-corrected chi connectivity index (χ0v) is 17.7. The Morgan fingerprint density at radius 1 is 1.22 bits per heavy atom. The first-order valence-corrected chi connectivity index (χ1v) is 10.8. The van der Waals surface area contributed by atoms with Gasteiger partial charge in [0.1, 0.15) is 11.9 Å². The van der Waals surface area contributed by atoms with Crippen molar-refractivity contribution in [3.05, 3.63) is 59.2 Å². The molecule has 2 aromatic carbocycles. The van der Waals surface area contributed by atoms with Gasteiger partial charge in [0.05, 0.1) is 0 Å². The van der Waals surface area contributed by atoms with Crippen molar-refractivity contribution in [1.82, 2.24) is 10.6 Å². The maximum Gasteiger partial charge on any atom is 0.127 e. The number of halogens is 1. The number of nitrogens with one attached hydrogen (secondary N) is 2. The normalized spacial score (nSPS) is 24.0. The molecule has 27 heavy (non-hydrogen) atoms. The summed E-state index contributed by atoms with van der Waals surface area (Å²) in [6.45, 7) is 4.11. The van der Waals surface area contributed by atoms with Gasteiger partial charge in [-0.05, 0) is 55.8 Å². The first-order valence-electron chi connectivity index (χ1n) is 9.63. The summed E-state index contributed by atoms with van der Waals surface area (Å²) in [5, 5.41) is 7.54. The van der Waals surface area contributed by atoms with Gasteiger partial charge in [0.2, 0.25) is 0 Å². The van der Waals surface area contributed by atoms with Gasteiger partial charge in [-0.2, -0.15) is 0 Å². The van der Waals surface area contributed by atoms with Crippen LogP contribution in [0.4, 0.5) is 0 Å². The highest BCUT2D eigenvalue weighted by Gasteiger charge is 2.27. The third kappa shape index (κ3) is 4.62. The van der Waals surface area contributed by atoms with E-state index in [-0.39, 0.29) is 18.5 Å². The average molecular weight is 405 g/mol. The number of hydrogen-bond donors (Lipinski definition) is 2. The zero-order valence-electron chi connectivity index (χ0n) is 16.0. The van der Waals surface area contributed by atoms with Gasteiger partial charge in [-0.25, -0.2) is 0 Å². The van der Waals surface area contributed by atoms with E-state index in [1.54, 1.807) is 0 Å². The van der Waals surface area contributed by atoms with E-state index >= 15 is 0 Å². The molecule has 2 aliphatic rings. The van der Waals surface area contributed by atoms with E-state index in [1.165, 1.54) is 34.4 Å². The molecular formula is C22H29ClN2OS. The maximum absolute atomic E-state index is 6.12. The van der Waals surface area contributed by atoms with Crippen LogP contribution in [0.1, 0.15) is 42.5 Å². The second kappa shape index (κ2) is 9.33. The third-order valence-electron chi connectivity index (χ3n) is 5.45. The fourth-order valence-corrected chi connectivity index (χ4v) is 4.71. The largest absolute Gasteiger partial charge is 0.490 e. The minimum absolute atomic E-state index is 0. The molecule has 0 aromatic heterocycles. The van der Waals surface area contributed by atoms with Crippen LogP contribution in [0.5, 0.6) is 5.75 Å². The van der Waals surface area contributed by atoms with Crippen LogP contribution in [0.25, 0.3) is 0 Å². The number of ether oxygens (including phenoxy) is 1. The predicted octanol–water partition coefficient (Wildman–Crippen LogP) is 4.74. The van der Waals surface area contributed by atoms with Crippen LogP contribution in [-0.4, -0.2) is 24.9 Å². The quantitative estimate of drug-likeness (QED) is 0.705. The van der Waals surface area contributed by atoms with Gasteiger partial charge in [-0.1, -0.05) is 30.3 Å². The van der Waals surface area contributed by atoms with E-state index in [2.05, 4.69) is 66.3 Å². The molecule has 0 amide bonds. The summed E-state index contributed by atoms with van der Waals surface area (Å²) >= 11 is 1.81. The third-order valence-corrected chi connectivity index (χ3v) is 6.16. The molecule has 5 heteroatoms. The van der Waals surface area contributed by atoms with Crippen LogP contribution in [0, 0.1) is 0 Å². The van der Waals surface area contributed by atoms with Gasteiger partial charge < -0.3 is 15.4 Å². The Morgan fingerprint density at radius 2 is 2.04 bits per heavy atom. The Hall–Kier alpha value is -1.20. The molecule has 2 heterocycles. The van der Waals surface area contributed by atoms with Crippen LogP contribution < -0.4 is 15.4 Å². The number of benzene rings is 2. The van der Waals surface area contributed by atoms with Crippen LogP contribution in [0.15, 0.2) is 47.4 Å². The molecule has 0 saturated carbocycles. The fourth-order valence-electron chi connectivity index (χ4n) is 4.19. The van der Waals surface area contributed by atoms with Crippen molar-refractivity contribution in [2.24, 2.45) is 0 Å². The lowest BCUT2D eigenvalue weighted by molar-refractivity contribution is 0.250. The van der Waals surface area contributed by atoms with Crippen molar-refractivity contribution >= 4 is 24.2 Å². The van der Waals surface area contributed by atoms with Crippen molar-refractivity contribution in [2.75, 3.05) is 12.8 Å². The zero-order chi connectivity index (χ0) is 17.9.